The molecule has 1 unspecified atom stereocenters. The summed E-state index contributed by atoms with van der Waals surface area (Å²) in [6, 6.07) is 15.1. The van der Waals surface area contributed by atoms with E-state index in [0.29, 0.717) is 5.92 Å². The van der Waals surface area contributed by atoms with Crippen LogP contribution in [0.4, 0.5) is 5.69 Å². The molecule has 1 N–H and O–H groups in total. The summed E-state index contributed by atoms with van der Waals surface area (Å²) < 4.78 is 0. The Hall–Kier alpha value is -2.35. The van der Waals surface area contributed by atoms with Gasteiger partial charge in [-0.1, -0.05) is 42.8 Å². The third-order valence-corrected chi connectivity index (χ3v) is 4.38. The SMILES string of the molecule is CNc1ccc(C2=NC=C(c3ccc(C)cc3C)C2C)cc1. The number of benzene rings is 2. The molecule has 0 saturated carbocycles. The second kappa shape index (κ2) is 5.80. The molecule has 2 aromatic rings. The second-order valence-electron chi connectivity index (χ2n) is 5.97. The molecule has 0 aromatic heterocycles. The average Bonchev–Trinajstić information content (AvgIpc) is 2.89. The maximum absolute atomic E-state index is 4.70. The Morgan fingerprint density at radius 1 is 1.00 bits per heavy atom. The van der Waals surface area contributed by atoms with E-state index >= 15 is 0 Å². The van der Waals surface area contributed by atoms with E-state index in [9.17, 15) is 0 Å². The molecule has 2 nitrogen and oxygen atoms in total. The van der Waals surface area contributed by atoms with Crippen LogP contribution in [0.15, 0.2) is 53.7 Å². The number of aliphatic imine (C=N–C) groups is 1. The molecule has 1 atom stereocenters. The van der Waals surface area contributed by atoms with Crippen molar-refractivity contribution in [3.63, 3.8) is 0 Å². The van der Waals surface area contributed by atoms with E-state index in [1.165, 1.54) is 27.8 Å². The van der Waals surface area contributed by atoms with Gasteiger partial charge in [-0.15, -0.1) is 0 Å². The van der Waals surface area contributed by atoms with Gasteiger partial charge in [0, 0.05) is 24.9 Å². The zero-order valence-electron chi connectivity index (χ0n) is 13.6. The number of nitrogens with one attached hydrogen (secondary N) is 1. The first-order valence-electron chi connectivity index (χ1n) is 7.73. The monoisotopic (exact) mass is 290 g/mol. The van der Waals surface area contributed by atoms with Gasteiger partial charge in [0.25, 0.3) is 0 Å². The summed E-state index contributed by atoms with van der Waals surface area (Å²) in [5.74, 6) is 0.321. The zero-order valence-corrected chi connectivity index (χ0v) is 13.6. The van der Waals surface area contributed by atoms with E-state index < -0.39 is 0 Å². The van der Waals surface area contributed by atoms with Crippen molar-refractivity contribution in [2.45, 2.75) is 20.8 Å². The van der Waals surface area contributed by atoms with Crippen molar-refractivity contribution < 1.29 is 0 Å². The highest BCUT2D eigenvalue weighted by atomic mass is 14.8. The minimum atomic E-state index is 0.321. The Morgan fingerprint density at radius 2 is 1.73 bits per heavy atom. The third kappa shape index (κ3) is 2.57. The minimum Gasteiger partial charge on any atom is -0.388 e. The van der Waals surface area contributed by atoms with Gasteiger partial charge >= 0.3 is 0 Å². The lowest BCUT2D eigenvalue weighted by Gasteiger charge is -2.15. The standard InChI is InChI=1S/C20H22N2/c1-13-5-10-18(14(2)11-13)19-12-22-20(15(19)3)16-6-8-17(21-4)9-7-16/h5-12,15,21H,1-4H3. The van der Waals surface area contributed by atoms with Crippen molar-refractivity contribution in [2.75, 3.05) is 12.4 Å². The van der Waals surface area contributed by atoms with Crippen molar-refractivity contribution in [3.05, 3.63) is 70.9 Å². The molecule has 1 aliphatic rings. The van der Waals surface area contributed by atoms with Crippen LogP contribution in [-0.4, -0.2) is 12.8 Å². The molecule has 0 bridgehead atoms. The number of anilines is 1. The highest BCUT2D eigenvalue weighted by Crippen LogP contribution is 2.33. The van der Waals surface area contributed by atoms with Crippen molar-refractivity contribution in [2.24, 2.45) is 10.9 Å². The fraction of sp³-hybridized carbons (Fsp3) is 0.250. The molecule has 0 radical (unpaired) electrons. The Bertz CT molecular complexity index is 752. The molecule has 3 rings (SSSR count). The fourth-order valence-electron chi connectivity index (χ4n) is 3.08. The minimum absolute atomic E-state index is 0.321. The molecule has 0 spiro atoms. The fourth-order valence-corrected chi connectivity index (χ4v) is 3.08. The largest absolute Gasteiger partial charge is 0.388 e. The maximum Gasteiger partial charge on any atom is 0.0548 e. The first kappa shape index (κ1) is 14.6. The van der Waals surface area contributed by atoms with Crippen molar-refractivity contribution in [3.8, 4) is 0 Å². The summed E-state index contributed by atoms with van der Waals surface area (Å²) >= 11 is 0. The van der Waals surface area contributed by atoms with Gasteiger partial charge in [-0.2, -0.15) is 0 Å². The van der Waals surface area contributed by atoms with Gasteiger partial charge in [-0.3, -0.25) is 4.99 Å². The van der Waals surface area contributed by atoms with Gasteiger partial charge in [0.05, 0.1) is 5.71 Å². The van der Waals surface area contributed by atoms with Gasteiger partial charge in [-0.25, -0.2) is 0 Å². The number of hydrogen-bond donors (Lipinski definition) is 1. The molecule has 1 heterocycles. The van der Waals surface area contributed by atoms with Crippen LogP contribution in [0.5, 0.6) is 0 Å². The highest BCUT2D eigenvalue weighted by molar-refractivity contribution is 6.11. The molecule has 0 amide bonds. The van der Waals surface area contributed by atoms with E-state index in [4.69, 9.17) is 4.99 Å². The van der Waals surface area contributed by atoms with Crippen LogP contribution in [0.3, 0.4) is 0 Å². The van der Waals surface area contributed by atoms with E-state index in [0.717, 1.165) is 11.4 Å². The number of hydrogen-bond acceptors (Lipinski definition) is 2. The van der Waals surface area contributed by atoms with Crippen LogP contribution in [0.25, 0.3) is 5.57 Å². The summed E-state index contributed by atoms with van der Waals surface area (Å²) in [5.41, 5.74) is 8.71. The van der Waals surface area contributed by atoms with Gasteiger partial charge in [0.2, 0.25) is 0 Å². The molecule has 2 aromatic carbocycles. The molecule has 0 saturated heterocycles. The Labute approximate surface area is 132 Å². The first-order valence-corrected chi connectivity index (χ1v) is 7.73. The molecular weight excluding hydrogens is 268 g/mol. The lowest BCUT2D eigenvalue weighted by Crippen LogP contribution is -2.11. The normalized spacial score (nSPS) is 17.2. The number of rotatable bonds is 3. The Morgan fingerprint density at radius 3 is 2.36 bits per heavy atom. The van der Waals surface area contributed by atoms with Crippen LogP contribution in [0.2, 0.25) is 0 Å². The highest BCUT2D eigenvalue weighted by Gasteiger charge is 2.23. The van der Waals surface area contributed by atoms with E-state index in [1.54, 1.807) is 0 Å². The van der Waals surface area contributed by atoms with Crippen LogP contribution in [0, 0.1) is 19.8 Å². The Balaban J connectivity index is 1.88. The molecule has 0 fully saturated rings. The summed E-state index contributed by atoms with van der Waals surface area (Å²) in [6.07, 6.45) is 2.03. The molecule has 2 heteroatoms. The first-order chi connectivity index (χ1) is 10.6. The summed E-state index contributed by atoms with van der Waals surface area (Å²) in [7, 11) is 1.94. The predicted octanol–water partition coefficient (Wildman–Crippen LogP) is 4.83. The van der Waals surface area contributed by atoms with Crippen LogP contribution < -0.4 is 5.32 Å². The van der Waals surface area contributed by atoms with Gasteiger partial charge in [0.15, 0.2) is 0 Å². The lowest BCUT2D eigenvalue weighted by atomic mass is 9.87. The van der Waals surface area contributed by atoms with Crippen LogP contribution in [-0.2, 0) is 0 Å². The molecule has 1 aliphatic heterocycles. The quantitative estimate of drug-likeness (QED) is 0.860. The number of aryl methyl sites for hydroxylation is 2. The zero-order chi connectivity index (χ0) is 15.7. The third-order valence-electron chi connectivity index (χ3n) is 4.38. The molecule has 0 aliphatic carbocycles. The Kier molecular flexibility index (Phi) is 3.84. The average molecular weight is 290 g/mol. The van der Waals surface area contributed by atoms with Gasteiger partial charge in [-0.05, 0) is 48.2 Å². The molecular formula is C20H22N2. The summed E-state index contributed by atoms with van der Waals surface area (Å²) in [4.78, 5) is 4.70. The summed E-state index contributed by atoms with van der Waals surface area (Å²) in [6.45, 7) is 6.55. The second-order valence-corrected chi connectivity index (χ2v) is 5.97. The van der Waals surface area contributed by atoms with Crippen molar-refractivity contribution in [1.29, 1.82) is 0 Å². The van der Waals surface area contributed by atoms with E-state index in [-0.39, 0.29) is 0 Å². The smallest absolute Gasteiger partial charge is 0.0548 e. The van der Waals surface area contributed by atoms with Crippen molar-refractivity contribution >= 4 is 17.0 Å². The predicted molar refractivity (Wildman–Crippen MR) is 95.6 cm³/mol. The van der Waals surface area contributed by atoms with Crippen LogP contribution >= 0.6 is 0 Å². The number of nitrogens with zero attached hydrogens (tertiary/aromatic N) is 1. The topological polar surface area (TPSA) is 24.4 Å². The summed E-state index contributed by atoms with van der Waals surface area (Å²) in [5, 5.41) is 3.15. The lowest BCUT2D eigenvalue weighted by molar-refractivity contribution is 1.04. The van der Waals surface area contributed by atoms with E-state index in [2.05, 4.69) is 68.6 Å². The molecule has 112 valence electrons. The molecule has 22 heavy (non-hydrogen) atoms. The van der Waals surface area contributed by atoms with E-state index in [1.807, 2.05) is 13.2 Å². The number of allylic oxidation sites excluding steroid dienone is 1. The van der Waals surface area contributed by atoms with Crippen molar-refractivity contribution in [1.82, 2.24) is 0 Å². The van der Waals surface area contributed by atoms with Gasteiger partial charge in [0.1, 0.15) is 0 Å². The maximum atomic E-state index is 4.70. The van der Waals surface area contributed by atoms with Crippen LogP contribution in [0.1, 0.15) is 29.2 Å². The van der Waals surface area contributed by atoms with Gasteiger partial charge < -0.3 is 5.32 Å².